The minimum Gasteiger partial charge on any atom is -0.372 e. The summed E-state index contributed by atoms with van der Waals surface area (Å²) in [5.74, 6) is 1.73. The number of rotatable bonds is 6. The van der Waals surface area contributed by atoms with Crippen molar-refractivity contribution in [2.45, 2.75) is 53.4 Å². The highest BCUT2D eigenvalue weighted by Gasteiger charge is 2.14. The number of hydrogen-bond donors (Lipinski definition) is 1. The van der Waals surface area contributed by atoms with E-state index >= 15 is 0 Å². The Labute approximate surface area is 163 Å². The first kappa shape index (κ1) is 19.5. The summed E-state index contributed by atoms with van der Waals surface area (Å²) in [4.78, 5) is 14.2. The van der Waals surface area contributed by atoms with E-state index in [1.54, 1.807) is 0 Å². The molecule has 1 saturated heterocycles. The van der Waals surface area contributed by atoms with Gasteiger partial charge in [0, 0.05) is 49.3 Å². The highest BCUT2D eigenvalue weighted by Crippen LogP contribution is 2.26. The second-order valence-electron chi connectivity index (χ2n) is 7.39. The molecule has 0 aliphatic carbocycles. The van der Waals surface area contributed by atoms with Crippen LogP contribution in [0.3, 0.4) is 0 Å². The van der Waals surface area contributed by atoms with Crippen molar-refractivity contribution in [1.82, 2.24) is 9.97 Å². The van der Waals surface area contributed by atoms with Crippen LogP contribution in [0.15, 0.2) is 24.3 Å². The maximum atomic E-state index is 4.82. The van der Waals surface area contributed by atoms with Gasteiger partial charge in [-0.25, -0.2) is 4.98 Å². The van der Waals surface area contributed by atoms with Gasteiger partial charge in [-0.3, -0.25) is 0 Å². The van der Waals surface area contributed by atoms with Crippen LogP contribution in [0, 0.1) is 13.8 Å². The highest BCUT2D eigenvalue weighted by atomic mass is 15.2. The molecule has 1 aliphatic rings. The molecule has 0 atom stereocenters. The van der Waals surface area contributed by atoms with Crippen molar-refractivity contribution in [3.63, 3.8) is 0 Å². The van der Waals surface area contributed by atoms with Crippen LogP contribution < -0.4 is 15.1 Å². The number of benzene rings is 1. The van der Waals surface area contributed by atoms with Gasteiger partial charge in [0.25, 0.3) is 0 Å². The molecule has 0 amide bonds. The molecule has 0 unspecified atom stereocenters. The number of hydrogen-bond acceptors (Lipinski definition) is 5. The maximum absolute atomic E-state index is 4.82. The normalized spacial score (nSPS) is 14.7. The summed E-state index contributed by atoms with van der Waals surface area (Å²) in [6.07, 6.45) is 5.14. The van der Waals surface area contributed by atoms with Crippen molar-refractivity contribution < 1.29 is 0 Å². The molecule has 1 aromatic heterocycles. The first-order valence-electron chi connectivity index (χ1n) is 10.3. The van der Waals surface area contributed by atoms with Crippen molar-refractivity contribution in [1.29, 1.82) is 0 Å². The average molecular weight is 368 g/mol. The molecule has 0 bridgehead atoms. The Bertz CT molecular complexity index is 746. The van der Waals surface area contributed by atoms with Crippen LogP contribution in [0.25, 0.3) is 0 Å². The Morgan fingerprint density at radius 2 is 1.67 bits per heavy atom. The van der Waals surface area contributed by atoms with Crippen LogP contribution in [0.1, 0.15) is 50.8 Å². The molecule has 0 spiro atoms. The lowest BCUT2D eigenvalue weighted by atomic mass is 10.1. The number of aryl methyl sites for hydroxylation is 2. The van der Waals surface area contributed by atoms with Crippen LogP contribution >= 0.6 is 0 Å². The molecule has 1 fully saturated rings. The minimum absolute atomic E-state index is 0.688. The van der Waals surface area contributed by atoms with Gasteiger partial charge in [0.1, 0.15) is 5.82 Å². The van der Waals surface area contributed by atoms with Crippen LogP contribution in [-0.2, 0) is 0 Å². The lowest BCUT2D eigenvalue weighted by Gasteiger charge is -2.23. The number of nitrogens with one attached hydrogen (secondary N) is 1. The van der Waals surface area contributed by atoms with Gasteiger partial charge in [0.2, 0.25) is 5.95 Å². The molecule has 5 nitrogen and oxygen atoms in total. The average Bonchev–Trinajstić information content (AvgIpc) is 2.94. The zero-order valence-corrected chi connectivity index (χ0v) is 17.3. The third-order valence-electron chi connectivity index (χ3n) is 5.36. The molecular formula is C22H33N5. The van der Waals surface area contributed by atoms with E-state index < -0.39 is 0 Å². The van der Waals surface area contributed by atoms with E-state index in [9.17, 15) is 0 Å². The summed E-state index contributed by atoms with van der Waals surface area (Å²) < 4.78 is 0. The van der Waals surface area contributed by atoms with Gasteiger partial charge in [-0.15, -0.1) is 0 Å². The first-order valence-corrected chi connectivity index (χ1v) is 10.3. The van der Waals surface area contributed by atoms with Gasteiger partial charge in [-0.2, -0.15) is 4.98 Å². The molecule has 2 heterocycles. The van der Waals surface area contributed by atoms with Crippen molar-refractivity contribution in [2.75, 3.05) is 41.3 Å². The first-order chi connectivity index (χ1) is 13.1. The van der Waals surface area contributed by atoms with Crippen LogP contribution in [0.2, 0.25) is 0 Å². The molecule has 5 heteroatoms. The fourth-order valence-electron chi connectivity index (χ4n) is 3.76. The molecule has 2 aromatic rings. The topological polar surface area (TPSA) is 44.3 Å². The summed E-state index contributed by atoms with van der Waals surface area (Å²) in [7, 11) is 0. The van der Waals surface area contributed by atoms with Crippen LogP contribution in [0.4, 0.5) is 23.1 Å². The van der Waals surface area contributed by atoms with E-state index in [-0.39, 0.29) is 0 Å². The van der Waals surface area contributed by atoms with Gasteiger partial charge in [0.15, 0.2) is 0 Å². The molecule has 0 saturated carbocycles. The molecule has 27 heavy (non-hydrogen) atoms. The smallest absolute Gasteiger partial charge is 0.229 e. The van der Waals surface area contributed by atoms with Gasteiger partial charge in [-0.1, -0.05) is 12.8 Å². The molecule has 1 aromatic carbocycles. The van der Waals surface area contributed by atoms with E-state index in [1.807, 2.05) is 6.92 Å². The summed E-state index contributed by atoms with van der Waals surface area (Å²) in [6, 6.07) is 8.65. The standard InChI is InChI=1S/C22H33N5/c1-5-26(6-2)19-11-12-20(17(3)15-19)24-22-23-18(4)16-21(25-22)27-13-9-7-8-10-14-27/h11-12,15-16H,5-10,13-14H2,1-4H3,(H,23,24,25). The van der Waals surface area contributed by atoms with Gasteiger partial charge in [0.05, 0.1) is 0 Å². The lowest BCUT2D eigenvalue weighted by molar-refractivity contribution is 0.726. The van der Waals surface area contributed by atoms with Crippen LogP contribution in [0.5, 0.6) is 0 Å². The highest BCUT2D eigenvalue weighted by molar-refractivity contribution is 5.64. The zero-order chi connectivity index (χ0) is 19.2. The second-order valence-corrected chi connectivity index (χ2v) is 7.39. The van der Waals surface area contributed by atoms with Crippen LogP contribution in [-0.4, -0.2) is 36.1 Å². The second kappa shape index (κ2) is 9.07. The fraction of sp³-hybridized carbons (Fsp3) is 0.545. The Balaban J connectivity index is 1.81. The number of nitrogens with zero attached hydrogens (tertiary/aromatic N) is 4. The summed E-state index contributed by atoms with van der Waals surface area (Å²) in [5.41, 5.74) is 4.54. The molecular weight excluding hydrogens is 334 g/mol. The molecule has 3 rings (SSSR count). The van der Waals surface area contributed by atoms with Gasteiger partial charge < -0.3 is 15.1 Å². The Morgan fingerprint density at radius 1 is 0.963 bits per heavy atom. The molecule has 146 valence electrons. The predicted molar refractivity (Wildman–Crippen MR) is 115 cm³/mol. The van der Waals surface area contributed by atoms with Crippen molar-refractivity contribution in [2.24, 2.45) is 0 Å². The number of anilines is 4. The third-order valence-corrected chi connectivity index (χ3v) is 5.36. The quantitative estimate of drug-likeness (QED) is 0.773. The third kappa shape index (κ3) is 4.90. The van der Waals surface area contributed by atoms with E-state index in [0.29, 0.717) is 5.95 Å². The van der Waals surface area contributed by atoms with Crippen molar-refractivity contribution in [3.8, 4) is 0 Å². The maximum Gasteiger partial charge on any atom is 0.229 e. The van der Waals surface area contributed by atoms with Crippen molar-refractivity contribution >= 4 is 23.1 Å². The molecule has 0 radical (unpaired) electrons. The minimum atomic E-state index is 0.688. The number of aromatic nitrogens is 2. The fourth-order valence-corrected chi connectivity index (χ4v) is 3.76. The van der Waals surface area contributed by atoms with Crippen molar-refractivity contribution in [3.05, 3.63) is 35.5 Å². The monoisotopic (exact) mass is 367 g/mol. The van der Waals surface area contributed by atoms with Gasteiger partial charge >= 0.3 is 0 Å². The Morgan fingerprint density at radius 3 is 2.30 bits per heavy atom. The van der Waals surface area contributed by atoms with Gasteiger partial charge in [-0.05, 0) is 64.3 Å². The predicted octanol–water partition coefficient (Wildman–Crippen LogP) is 5.06. The summed E-state index contributed by atoms with van der Waals surface area (Å²) in [5, 5.41) is 3.44. The summed E-state index contributed by atoms with van der Waals surface area (Å²) in [6.45, 7) is 12.8. The SMILES string of the molecule is CCN(CC)c1ccc(Nc2nc(C)cc(N3CCCCCC3)n2)c(C)c1. The molecule has 1 N–H and O–H groups in total. The van der Waals surface area contributed by atoms with E-state index in [0.717, 1.165) is 43.4 Å². The van der Waals surface area contributed by atoms with E-state index in [1.165, 1.54) is 36.9 Å². The Kier molecular flexibility index (Phi) is 6.54. The Hall–Kier alpha value is -2.30. The summed E-state index contributed by atoms with van der Waals surface area (Å²) >= 11 is 0. The largest absolute Gasteiger partial charge is 0.372 e. The molecule has 1 aliphatic heterocycles. The zero-order valence-electron chi connectivity index (χ0n) is 17.3. The van der Waals surface area contributed by atoms with E-state index in [4.69, 9.17) is 4.98 Å². The lowest BCUT2D eigenvalue weighted by Crippen LogP contribution is -2.25. The van der Waals surface area contributed by atoms with E-state index in [2.05, 4.69) is 65.1 Å².